The lowest BCUT2D eigenvalue weighted by Crippen LogP contribution is -2.40. The second kappa shape index (κ2) is 5.90. The van der Waals surface area contributed by atoms with E-state index in [1.807, 2.05) is 12.1 Å². The molecule has 1 aliphatic carbocycles. The third-order valence-corrected chi connectivity index (χ3v) is 4.07. The Morgan fingerprint density at radius 3 is 2.48 bits per heavy atom. The van der Waals surface area contributed by atoms with Crippen molar-refractivity contribution in [2.45, 2.75) is 31.3 Å². The van der Waals surface area contributed by atoms with Crippen LogP contribution in [0.1, 0.15) is 29.9 Å². The Kier molecular flexibility index (Phi) is 3.97. The molecule has 0 aliphatic heterocycles. The molecule has 4 heteroatoms. The summed E-state index contributed by atoms with van der Waals surface area (Å²) in [5.74, 6) is -0.807. The second-order valence-electron chi connectivity index (χ2n) is 5.50. The van der Waals surface area contributed by atoms with Crippen molar-refractivity contribution in [3.63, 3.8) is 0 Å². The maximum atomic E-state index is 13.6. The third-order valence-electron chi connectivity index (χ3n) is 4.07. The molecule has 0 spiro atoms. The van der Waals surface area contributed by atoms with Gasteiger partial charge in [-0.05, 0) is 48.6 Å². The number of rotatable bonds is 4. The summed E-state index contributed by atoms with van der Waals surface area (Å²) >= 11 is 0. The largest absolute Gasteiger partial charge is 0.310 e. The van der Waals surface area contributed by atoms with E-state index in [2.05, 4.69) is 5.32 Å². The van der Waals surface area contributed by atoms with Crippen molar-refractivity contribution < 1.29 is 13.2 Å². The topological polar surface area (TPSA) is 12.0 Å². The van der Waals surface area contributed by atoms with Gasteiger partial charge in [0, 0.05) is 18.2 Å². The SMILES string of the molecule is Fc1ccc(F)c(CNC2CC(c3ccccc3F)C2)c1. The van der Waals surface area contributed by atoms with E-state index in [0.29, 0.717) is 5.56 Å². The van der Waals surface area contributed by atoms with Crippen molar-refractivity contribution in [1.82, 2.24) is 5.32 Å². The lowest BCUT2D eigenvalue weighted by Gasteiger charge is -2.36. The van der Waals surface area contributed by atoms with Crippen LogP contribution in [0, 0.1) is 17.5 Å². The Hall–Kier alpha value is -1.81. The van der Waals surface area contributed by atoms with E-state index in [0.717, 1.165) is 30.5 Å². The summed E-state index contributed by atoms with van der Waals surface area (Å²) in [6, 6.07) is 10.5. The van der Waals surface area contributed by atoms with E-state index >= 15 is 0 Å². The van der Waals surface area contributed by atoms with Crippen LogP contribution in [-0.4, -0.2) is 6.04 Å². The molecule has 0 amide bonds. The molecule has 0 aromatic heterocycles. The molecule has 1 N–H and O–H groups in total. The number of benzene rings is 2. The summed E-state index contributed by atoms with van der Waals surface area (Å²) in [6.07, 6.45) is 1.63. The number of nitrogens with one attached hydrogen (secondary N) is 1. The molecule has 2 aromatic carbocycles. The first-order chi connectivity index (χ1) is 10.1. The molecule has 0 heterocycles. The summed E-state index contributed by atoms with van der Waals surface area (Å²) in [6.45, 7) is 0.290. The lowest BCUT2D eigenvalue weighted by molar-refractivity contribution is 0.283. The van der Waals surface area contributed by atoms with Crippen molar-refractivity contribution in [2.75, 3.05) is 0 Å². The Morgan fingerprint density at radius 2 is 1.71 bits per heavy atom. The summed E-state index contributed by atoms with van der Waals surface area (Å²) in [5, 5.41) is 3.19. The standard InChI is InChI=1S/C17H16F3N/c18-13-5-6-16(19)12(7-13)10-21-14-8-11(9-14)15-3-1-2-4-17(15)20/h1-7,11,14,21H,8-10H2. The van der Waals surface area contributed by atoms with Crippen LogP contribution in [0.4, 0.5) is 13.2 Å². The molecule has 0 saturated heterocycles. The van der Waals surface area contributed by atoms with E-state index in [9.17, 15) is 13.2 Å². The average molecular weight is 291 g/mol. The Morgan fingerprint density at radius 1 is 0.952 bits per heavy atom. The van der Waals surface area contributed by atoms with E-state index in [4.69, 9.17) is 0 Å². The van der Waals surface area contributed by atoms with Crippen LogP contribution in [0.3, 0.4) is 0 Å². The van der Waals surface area contributed by atoms with Gasteiger partial charge in [0.1, 0.15) is 17.5 Å². The fraction of sp³-hybridized carbons (Fsp3) is 0.294. The smallest absolute Gasteiger partial charge is 0.127 e. The first-order valence-corrected chi connectivity index (χ1v) is 7.05. The van der Waals surface area contributed by atoms with Crippen molar-refractivity contribution in [3.8, 4) is 0 Å². The molecule has 1 nitrogen and oxygen atoms in total. The van der Waals surface area contributed by atoms with Crippen LogP contribution < -0.4 is 5.32 Å². The predicted octanol–water partition coefficient (Wildman–Crippen LogP) is 4.14. The molecule has 110 valence electrons. The van der Waals surface area contributed by atoms with E-state index in [1.165, 1.54) is 12.1 Å². The quantitative estimate of drug-likeness (QED) is 0.892. The third kappa shape index (κ3) is 3.10. The zero-order chi connectivity index (χ0) is 14.8. The Bertz CT molecular complexity index is 636. The predicted molar refractivity (Wildman–Crippen MR) is 75.4 cm³/mol. The minimum atomic E-state index is -0.439. The highest BCUT2D eigenvalue weighted by atomic mass is 19.1. The number of hydrogen-bond donors (Lipinski definition) is 1. The van der Waals surface area contributed by atoms with Gasteiger partial charge in [-0.25, -0.2) is 13.2 Å². The normalized spacial score (nSPS) is 21.1. The fourth-order valence-corrected chi connectivity index (χ4v) is 2.78. The van der Waals surface area contributed by atoms with Gasteiger partial charge < -0.3 is 5.32 Å². The summed E-state index contributed by atoms with van der Waals surface area (Å²) in [4.78, 5) is 0. The molecular weight excluding hydrogens is 275 g/mol. The molecule has 1 fully saturated rings. The first-order valence-electron chi connectivity index (χ1n) is 7.05. The summed E-state index contributed by atoms with van der Waals surface area (Å²) < 4.78 is 40.2. The van der Waals surface area contributed by atoms with Gasteiger partial charge in [-0.2, -0.15) is 0 Å². The Balaban J connectivity index is 1.54. The van der Waals surface area contributed by atoms with Crippen molar-refractivity contribution in [3.05, 3.63) is 71.0 Å². The van der Waals surface area contributed by atoms with E-state index < -0.39 is 11.6 Å². The van der Waals surface area contributed by atoms with E-state index in [1.54, 1.807) is 6.07 Å². The van der Waals surface area contributed by atoms with Crippen LogP contribution in [-0.2, 0) is 6.54 Å². The van der Waals surface area contributed by atoms with Gasteiger partial charge in [-0.15, -0.1) is 0 Å². The van der Waals surface area contributed by atoms with Gasteiger partial charge in [0.15, 0.2) is 0 Å². The van der Waals surface area contributed by atoms with Gasteiger partial charge in [0.2, 0.25) is 0 Å². The second-order valence-corrected chi connectivity index (χ2v) is 5.50. The molecule has 1 saturated carbocycles. The molecule has 2 aromatic rings. The Labute approximate surface area is 121 Å². The molecule has 0 bridgehead atoms. The number of halogens is 3. The highest BCUT2D eigenvalue weighted by molar-refractivity contribution is 5.25. The van der Waals surface area contributed by atoms with Gasteiger partial charge in [0.05, 0.1) is 0 Å². The maximum absolute atomic E-state index is 13.6. The number of hydrogen-bond acceptors (Lipinski definition) is 1. The van der Waals surface area contributed by atoms with Crippen LogP contribution in [0.15, 0.2) is 42.5 Å². The molecule has 1 aliphatic rings. The van der Waals surface area contributed by atoms with Crippen molar-refractivity contribution in [1.29, 1.82) is 0 Å². The first kappa shape index (κ1) is 14.1. The molecular formula is C17H16F3N. The minimum Gasteiger partial charge on any atom is -0.310 e. The minimum absolute atomic E-state index is 0.169. The van der Waals surface area contributed by atoms with Crippen molar-refractivity contribution in [2.24, 2.45) is 0 Å². The molecule has 3 rings (SSSR count). The maximum Gasteiger partial charge on any atom is 0.127 e. The van der Waals surface area contributed by atoms with Crippen molar-refractivity contribution >= 4 is 0 Å². The highest BCUT2D eigenvalue weighted by Crippen LogP contribution is 2.38. The molecule has 0 unspecified atom stereocenters. The van der Waals surface area contributed by atoms with Gasteiger partial charge in [-0.1, -0.05) is 18.2 Å². The van der Waals surface area contributed by atoms with Gasteiger partial charge in [-0.3, -0.25) is 0 Å². The lowest BCUT2D eigenvalue weighted by atomic mass is 9.75. The molecule has 0 radical (unpaired) electrons. The summed E-state index contributed by atoms with van der Waals surface area (Å²) in [5.41, 5.74) is 1.07. The summed E-state index contributed by atoms with van der Waals surface area (Å²) in [7, 11) is 0. The highest BCUT2D eigenvalue weighted by Gasteiger charge is 2.31. The molecule has 0 atom stereocenters. The average Bonchev–Trinajstić information content (AvgIpc) is 2.42. The zero-order valence-electron chi connectivity index (χ0n) is 11.5. The fourth-order valence-electron chi connectivity index (χ4n) is 2.78. The van der Waals surface area contributed by atoms with Crippen LogP contribution in [0.5, 0.6) is 0 Å². The molecule has 21 heavy (non-hydrogen) atoms. The van der Waals surface area contributed by atoms with Crippen LogP contribution >= 0.6 is 0 Å². The van der Waals surface area contributed by atoms with Gasteiger partial charge in [0.25, 0.3) is 0 Å². The van der Waals surface area contributed by atoms with Crippen LogP contribution in [0.25, 0.3) is 0 Å². The zero-order valence-corrected chi connectivity index (χ0v) is 11.5. The van der Waals surface area contributed by atoms with E-state index in [-0.39, 0.29) is 24.3 Å². The monoisotopic (exact) mass is 291 g/mol. The van der Waals surface area contributed by atoms with Crippen LogP contribution in [0.2, 0.25) is 0 Å². The van der Waals surface area contributed by atoms with Gasteiger partial charge >= 0.3 is 0 Å².